The van der Waals surface area contributed by atoms with Crippen molar-refractivity contribution in [1.82, 2.24) is 0 Å². The molecule has 0 fully saturated rings. The van der Waals surface area contributed by atoms with Crippen LogP contribution in [0.3, 0.4) is 0 Å². The molecule has 0 N–H and O–H groups in total. The molecule has 0 aliphatic carbocycles. The van der Waals surface area contributed by atoms with Crippen LogP contribution in [0.1, 0.15) is 13.8 Å². The Labute approximate surface area is 172 Å². The average molecular weight is 678 g/mol. The summed E-state index contributed by atoms with van der Waals surface area (Å²) in [6.07, 6.45) is -3.94. The van der Waals surface area contributed by atoms with Gasteiger partial charge >= 0.3 is 18.1 Å². The number of hydrogen-bond donors (Lipinski definition) is 0. The minimum atomic E-state index is -5.08. The summed E-state index contributed by atoms with van der Waals surface area (Å²) in [6.45, 7) is 9.37. The smallest absolute Gasteiger partial charge is 0.455 e. The predicted molar refractivity (Wildman–Crippen MR) is 107 cm³/mol. The van der Waals surface area contributed by atoms with Crippen LogP contribution in [0.4, 0.5) is 13.2 Å². The Balaban J connectivity index is -0.000000154. The second kappa shape index (κ2) is 18.4. The summed E-state index contributed by atoms with van der Waals surface area (Å²) in [5.74, 6) is -3.97. The van der Waals surface area contributed by atoms with Crippen molar-refractivity contribution in [3.63, 3.8) is 0 Å². The number of rotatable bonds is 5. The third-order valence-electron chi connectivity index (χ3n) is 1.51. The molecule has 11 heteroatoms. The maximum absolute atomic E-state index is 11.7. The number of ketones is 1. The number of carbonyl (C=O) groups excluding carboxylic acids is 3. The predicted octanol–water partition coefficient (Wildman–Crippen LogP) is 4.36. The number of esters is 2. The average Bonchev–Trinajstić information content (AvgIpc) is 2.47. The van der Waals surface area contributed by atoms with E-state index in [2.05, 4.69) is 59.9 Å². The van der Waals surface area contributed by atoms with E-state index >= 15 is 0 Å². The second-order valence-electron chi connectivity index (χ2n) is 2.98. The lowest BCUT2D eigenvalue weighted by Crippen LogP contribution is -2.28. The highest BCUT2D eigenvalue weighted by Gasteiger charge is 2.42. The Hall–Kier alpha value is 0.0700. The summed E-state index contributed by atoms with van der Waals surface area (Å²) in [5, 5.41) is 0. The van der Waals surface area contributed by atoms with E-state index in [0.29, 0.717) is 6.61 Å². The van der Waals surface area contributed by atoms with Crippen molar-refractivity contribution in [2.24, 2.45) is 0 Å². The van der Waals surface area contributed by atoms with Crippen LogP contribution >= 0.6 is 61.2 Å². The number of halogens is 6. The van der Waals surface area contributed by atoms with Gasteiger partial charge in [-0.25, -0.2) is 9.59 Å². The van der Waals surface area contributed by atoms with E-state index in [0.717, 1.165) is 6.08 Å². The van der Waals surface area contributed by atoms with Crippen LogP contribution in [-0.2, 0) is 23.9 Å². The van der Waals surface area contributed by atoms with Gasteiger partial charge in [-0.15, -0.1) is 24.0 Å². The van der Waals surface area contributed by atoms with Crippen LogP contribution in [0.25, 0.3) is 0 Å². The molecule has 23 heavy (non-hydrogen) atoms. The van der Waals surface area contributed by atoms with Crippen LogP contribution in [-0.4, -0.2) is 37.1 Å². The van der Waals surface area contributed by atoms with Gasteiger partial charge in [0.05, 0.1) is 13.2 Å². The zero-order valence-corrected chi connectivity index (χ0v) is 18.9. The monoisotopic (exact) mass is 678 g/mol. The third kappa shape index (κ3) is 18.3. The summed E-state index contributed by atoms with van der Waals surface area (Å²) in [5.41, 5.74) is -1.20. The Morgan fingerprint density at radius 2 is 1.48 bits per heavy atom. The van der Waals surface area contributed by atoms with Crippen LogP contribution in [0.15, 0.2) is 24.8 Å². The Kier molecular flexibility index (Phi) is 24.7. The molecule has 0 bridgehead atoms. The Morgan fingerprint density at radius 1 is 1.09 bits per heavy atom. The third-order valence-corrected chi connectivity index (χ3v) is 1.51. The maximum Gasteiger partial charge on any atom is 0.455 e. The van der Waals surface area contributed by atoms with E-state index in [1.54, 1.807) is 6.92 Å². The molecule has 0 amide bonds. The molecule has 0 aromatic carbocycles. The van der Waals surface area contributed by atoms with Crippen molar-refractivity contribution < 1.29 is 37.0 Å². The highest BCUT2D eigenvalue weighted by atomic mass is 128. The molecule has 0 saturated heterocycles. The van der Waals surface area contributed by atoms with E-state index in [-0.39, 0.29) is 36.6 Å². The van der Waals surface area contributed by atoms with Crippen molar-refractivity contribution in [3.05, 3.63) is 24.8 Å². The van der Waals surface area contributed by atoms with Crippen molar-refractivity contribution in [3.8, 4) is 0 Å². The number of ether oxygens (including phenoxy) is 2. The Morgan fingerprint density at radius 3 is 1.70 bits per heavy atom. The maximum atomic E-state index is 11.7. The van der Waals surface area contributed by atoms with Crippen LogP contribution in [0.5, 0.6) is 0 Å². The standard InChI is InChI=1S/C7H7F3O3.C5H8O2.I2.HI/c1-3-13-6(12)4(2)5(11)7(8,9)10;1-3-5(6)7-4-2;1-2;/h2-3H2,1H3;3H,1,4H2,2H3;;1H. The molecule has 0 radical (unpaired) electrons. The molecule has 0 aliphatic heterocycles. The molecule has 0 rings (SSSR count). The zero-order chi connectivity index (χ0) is 18.3. The summed E-state index contributed by atoms with van der Waals surface area (Å²) in [4.78, 5) is 31.0. The molecule has 0 aliphatic rings. The minimum absolute atomic E-state index is 0. The van der Waals surface area contributed by atoms with E-state index < -0.39 is 23.5 Å². The molecule has 0 spiro atoms. The fraction of sp³-hybridized carbons (Fsp3) is 0.417. The Bertz CT molecular complexity index is 398. The first-order valence-corrected chi connectivity index (χ1v) is 11.8. The minimum Gasteiger partial charge on any atom is -0.463 e. The fourth-order valence-electron chi connectivity index (χ4n) is 0.683. The first-order valence-electron chi connectivity index (χ1n) is 5.52. The highest BCUT2D eigenvalue weighted by Crippen LogP contribution is 2.20. The van der Waals surface area contributed by atoms with Crippen molar-refractivity contribution in [2.45, 2.75) is 20.0 Å². The lowest BCUT2D eigenvalue weighted by Gasteiger charge is -2.06. The number of hydrogen-bond acceptors (Lipinski definition) is 5. The molecular formula is C12H16F3I3O5. The lowest BCUT2D eigenvalue weighted by molar-refractivity contribution is -0.168. The van der Waals surface area contributed by atoms with E-state index in [1.807, 2.05) is 0 Å². The zero-order valence-electron chi connectivity index (χ0n) is 12.2. The van der Waals surface area contributed by atoms with Gasteiger partial charge in [0.1, 0.15) is 5.57 Å². The largest absolute Gasteiger partial charge is 0.463 e. The van der Waals surface area contributed by atoms with E-state index in [4.69, 9.17) is 0 Å². The number of carbonyl (C=O) groups is 3. The molecule has 0 aromatic rings. The molecule has 0 unspecified atom stereocenters. The summed E-state index contributed by atoms with van der Waals surface area (Å²) < 4.78 is 43.6. The molecule has 0 saturated carbocycles. The fourth-order valence-corrected chi connectivity index (χ4v) is 0.683. The first-order chi connectivity index (χ1) is 10.1. The van der Waals surface area contributed by atoms with E-state index in [9.17, 15) is 27.6 Å². The van der Waals surface area contributed by atoms with Gasteiger partial charge in [0.2, 0.25) is 0 Å². The van der Waals surface area contributed by atoms with E-state index in [1.165, 1.54) is 6.92 Å². The van der Waals surface area contributed by atoms with Crippen LogP contribution in [0.2, 0.25) is 0 Å². The number of alkyl halides is 3. The van der Waals surface area contributed by atoms with Gasteiger partial charge in [-0.05, 0) is 13.8 Å². The normalized spacial score (nSPS) is 8.65. The summed E-state index contributed by atoms with van der Waals surface area (Å²) >= 11 is 4.24. The molecule has 0 heterocycles. The van der Waals surface area contributed by atoms with Gasteiger partial charge in [0, 0.05) is 43.3 Å². The second-order valence-corrected chi connectivity index (χ2v) is 2.98. The SMILES string of the molecule is C=C(C(=O)OCC)C(=O)C(F)(F)F.C=CC(=O)OCC.I.II. The molecule has 136 valence electrons. The van der Waals surface area contributed by atoms with Gasteiger partial charge in [-0.2, -0.15) is 13.2 Å². The number of Topliss-reactive ketones (excluding diaryl/α,β-unsaturated/α-hetero) is 1. The topological polar surface area (TPSA) is 69.7 Å². The first kappa shape index (κ1) is 30.9. The van der Waals surface area contributed by atoms with Gasteiger partial charge in [-0.1, -0.05) is 13.2 Å². The van der Waals surface area contributed by atoms with Crippen molar-refractivity contribution in [2.75, 3.05) is 13.2 Å². The highest BCUT2D eigenvalue weighted by molar-refractivity contribution is 15.0. The van der Waals surface area contributed by atoms with Crippen LogP contribution in [0, 0.1) is 0 Å². The quantitative estimate of drug-likeness (QED) is 0.142. The molecule has 5 nitrogen and oxygen atoms in total. The van der Waals surface area contributed by atoms with Gasteiger partial charge in [-0.3, -0.25) is 4.79 Å². The van der Waals surface area contributed by atoms with Crippen molar-refractivity contribution >= 4 is 78.9 Å². The van der Waals surface area contributed by atoms with Gasteiger partial charge in [0.25, 0.3) is 5.78 Å². The van der Waals surface area contributed by atoms with Gasteiger partial charge in [0.15, 0.2) is 0 Å². The van der Waals surface area contributed by atoms with Crippen LogP contribution < -0.4 is 0 Å². The lowest BCUT2D eigenvalue weighted by atomic mass is 10.2. The van der Waals surface area contributed by atoms with Gasteiger partial charge < -0.3 is 9.47 Å². The summed E-state index contributed by atoms with van der Waals surface area (Å²) in [7, 11) is 0. The summed E-state index contributed by atoms with van der Waals surface area (Å²) in [6, 6.07) is 0. The molecule has 0 aromatic heterocycles. The van der Waals surface area contributed by atoms with Crippen molar-refractivity contribution in [1.29, 1.82) is 0 Å². The molecular weight excluding hydrogens is 662 g/mol. The molecule has 0 atom stereocenters.